The van der Waals surface area contributed by atoms with Gasteiger partial charge in [-0.2, -0.15) is 0 Å². The number of nitrogens with two attached hydrogens (primary N) is 1. The van der Waals surface area contributed by atoms with Crippen molar-refractivity contribution in [3.05, 3.63) is 29.8 Å². The quantitative estimate of drug-likeness (QED) is 0.488. The highest BCUT2D eigenvalue weighted by molar-refractivity contribution is 5.75. The fourth-order valence-electron chi connectivity index (χ4n) is 2.81. The zero-order valence-electron chi connectivity index (χ0n) is 11.7. The molecule has 0 heterocycles. The first-order valence-corrected chi connectivity index (χ1v) is 7.19. The van der Waals surface area contributed by atoms with Gasteiger partial charge in [-0.1, -0.05) is 25.0 Å². The third-order valence-corrected chi connectivity index (χ3v) is 3.89. The first kappa shape index (κ1) is 14.7. The molecule has 0 spiro atoms. The Labute approximate surface area is 119 Å². The third-order valence-electron chi connectivity index (χ3n) is 3.89. The van der Waals surface area contributed by atoms with Gasteiger partial charge in [0.25, 0.3) is 0 Å². The second-order valence-corrected chi connectivity index (χ2v) is 5.37. The monoisotopic (exact) mass is 277 g/mol. The average Bonchev–Trinajstić information content (AvgIpc) is 2.89. The molecular weight excluding hydrogens is 254 g/mol. The van der Waals surface area contributed by atoms with Crippen molar-refractivity contribution < 1.29 is 9.90 Å². The second-order valence-electron chi connectivity index (χ2n) is 5.37. The molecule has 0 radical (unpaired) electrons. The molecule has 1 aromatic carbocycles. The number of nitrogen functional groups attached to an aromatic ring is 1. The molecule has 1 aromatic rings. The van der Waals surface area contributed by atoms with Crippen LogP contribution >= 0.6 is 0 Å². The average molecular weight is 277 g/mol. The van der Waals surface area contributed by atoms with E-state index in [1.54, 1.807) is 0 Å². The van der Waals surface area contributed by atoms with E-state index in [4.69, 9.17) is 10.8 Å². The Morgan fingerprint density at radius 3 is 2.50 bits per heavy atom. The number of hydrogen-bond donors (Lipinski definition) is 4. The minimum atomic E-state index is -0.281. The topological polar surface area (TPSA) is 87.4 Å². The number of hydrogen-bond acceptors (Lipinski definition) is 3. The molecule has 0 atom stereocenters. The summed E-state index contributed by atoms with van der Waals surface area (Å²) >= 11 is 0. The maximum atomic E-state index is 12.0. The molecule has 0 aliphatic heterocycles. The maximum Gasteiger partial charge on any atom is 0.315 e. The van der Waals surface area contributed by atoms with E-state index in [2.05, 4.69) is 10.6 Å². The largest absolute Gasteiger partial charge is 0.399 e. The molecule has 5 nitrogen and oxygen atoms in total. The molecule has 1 saturated carbocycles. The molecule has 1 fully saturated rings. The summed E-state index contributed by atoms with van der Waals surface area (Å²) in [4.78, 5) is 12.0. The molecule has 20 heavy (non-hydrogen) atoms. The Morgan fingerprint density at radius 2 is 1.90 bits per heavy atom. The van der Waals surface area contributed by atoms with E-state index in [1.807, 2.05) is 24.3 Å². The number of urea groups is 1. The van der Waals surface area contributed by atoms with Crippen LogP contribution in [0.15, 0.2) is 24.3 Å². The summed E-state index contributed by atoms with van der Waals surface area (Å²) in [7, 11) is 0. The van der Waals surface area contributed by atoms with Gasteiger partial charge >= 0.3 is 6.03 Å². The number of carbonyl (C=O) groups is 1. The molecule has 110 valence electrons. The lowest BCUT2D eigenvalue weighted by molar-refractivity contribution is 0.222. The lowest BCUT2D eigenvalue weighted by Crippen LogP contribution is -2.48. The number of aliphatic hydroxyl groups excluding tert-OH is 1. The fourth-order valence-corrected chi connectivity index (χ4v) is 2.81. The van der Waals surface area contributed by atoms with Crippen LogP contribution in [0.25, 0.3) is 0 Å². The molecule has 5 N–H and O–H groups in total. The van der Waals surface area contributed by atoms with Crippen molar-refractivity contribution in [1.82, 2.24) is 10.6 Å². The summed E-state index contributed by atoms with van der Waals surface area (Å²) in [5, 5.41) is 14.6. The lowest BCUT2D eigenvalue weighted by atomic mass is 9.88. The summed E-state index contributed by atoms with van der Waals surface area (Å²) in [6, 6.07) is 7.57. The molecule has 1 aliphatic carbocycles. The van der Waals surface area contributed by atoms with E-state index in [1.165, 1.54) is 0 Å². The van der Waals surface area contributed by atoms with Gasteiger partial charge in [-0.3, -0.25) is 0 Å². The summed E-state index contributed by atoms with van der Waals surface area (Å²) in [6.45, 7) is 0.573. The molecule has 0 saturated heterocycles. The molecule has 0 aromatic heterocycles. The number of carbonyl (C=O) groups excluding carboxylic acids is 1. The van der Waals surface area contributed by atoms with Gasteiger partial charge in [0.2, 0.25) is 0 Å². The van der Waals surface area contributed by atoms with Crippen LogP contribution in [0.5, 0.6) is 0 Å². The van der Waals surface area contributed by atoms with Crippen molar-refractivity contribution in [3.63, 3.8) is 0 Å². The zero-order valence-corrected chi connectivity index (χ0v) is 11.7. The van der Waals surface area contributed by atoms with Crippen molar-refractivity contribution in [3.8, 4) is 0 Å². The highest BCUT2D eigenvalue weighted by Gasteiger charge is 2.36. The Balaban J connectivity index is 2.06. The van der Waals surface area contributed by atoms with Crippen LogP contribution in [0.2, 0.25) is 0 Å². The normalized spacial score (nSPS) is 16.9. The predicted molar refractivity (Wildman–Crippen MR) is 79.2 cm³/mol. The van der Waals surface area contributed by atoms with E-state index in [9.17, 15) is 4.79 Å². The molecule has 2 rings (SSSR count). The number of nitrogens with one attached hydrogen (secondary N) is 2. The highest BCUT2D eigenvalue weighted by Crippen LogP contribution is 2.38. The first-order chi connectivity index (χ1) is 9.66. The predicted octanol–water partition coefficient (Wildman–Crippen LogP) is 1.72. The first-order valence-electron chi connectivity index (χ1n) is 7.19. The van der Waals surface area contributed by atoms with Crippen LogP contribution in [0.4, 0.5) is 10.5 Å². The lowest BCUT2D eigenvalue weighted by Gasteiger charge is -2.31. The minimum Gasteiger partial charge on any atom is -0.399 e. The Bertz CT molecular complexity index is 439. The highest BCUT2D eigenvalue weighted by atomic mass is 16.3. The van der Waals surface area contributed by atoms with Crippen molar-refractivity contribution in [2.45, 2.75) is 37.6 Å². The minimum absolute atomic E-state index is 0.0867. The van der Waals surface area contributed by atoms with E-state index >= 15 is 0 Å². The summed E-state index contributed by atoms with van der Waals surface area (Å²) < 4.78 is 0. The smallest absolute Gasteiger partial charge is 0.315 e. The molecule has 0 bridgehead atoms. The summed E-state index contributed by atoms with van der Waals surface area (Å²) in [5.74, 6) is 0. The third kappa shape index (κ3) is 3.42. The van der Waals surface area contributed by atoms with Crippen LogP contribution < -0.4 is 16.4 Å². The Kier molecular flexibility index (Phi) is 4.84. The van der Waals surface area contributed by atoms with Gasteiger partial charge in [0.05, 0.1) is 5.54 Å². The summed E-state index contributed by atoms with van der Waals surface area (Å²) in [5.41, 5.74) is 7.29. The van der Waals surface area contributed by atoms with E-state index in [0.29, 0.717) is 13.0 Å². The van der Waals surface area contributed by atoms with E-state index < -0.39 is 0 Å². The van der Waals surface area contributed by atoms with Crippen LogP contribution in [-0.4, -0.2) is 24.3 Å². The van der Waals surface area contributed by atoms with Gasteiger partial charge < -0.3 is 21.5 Å². The zero-order chi connectivity index (χ0) is 14.4. The van der Waals surface area contributed by atoms with Crippen molar-refractivity contribution >= 4 is 11.7 Å². The number of rotatable bonds is 5. The van der Waals surface area contributed by atoms with E-state index in [-0.39, 0.29) is 18.2 Å². The van der Waals surface area contributed by atoms with Crippen LogP contribution in [0.1, 0.15) is 37.7 Å². The van der Waals surface area contributed by atoms with Crippen LogP contribution in [0.3, 0.4) is 0 Å². The van der Waals surface area contributed by atoms with Crippen molar-refractivity contribution in [2.24, 2.45) is 0 Å². The van der Waals surface area contributed by atoms with Gasteiger partial charge in [0.15, 0.2) is 0 Å². The number of amides is 2. The number of benzene rings is 1. The van der Waals surface area contributed by atoms with Crippen LogP contribution in [0, 0.1) is 0 Å². The van der Waals surface area contributed by atoms with Crippen molar-refractivity contribution in [1.29, 1.82) is 0 Å². The standard InChI is InChI=1S/C15H23N3O2/c16-13-6-4-12(5-7-13)15(8-1-2-9-15)18-14(20)17-10-3-11-19/h4-7,19H,1-3,8-11,16H2,(H2,17,18,20). The molecule has 5 heteroatoms. The fraction of sp³-hybridized carbons (Fsp3) is 0.533. The van der Waals surface area contributed by atoms with Gasteiger partial charge in [0, 0.05) is 18.8 Å². The molecule has 0 unspecified atom stereocenters. The number of anilines is 1. The summed E-state index contributed by atoms with van der Waals surface area (Å²) in [6.07, 6.45) is 4.69. The van der Waals surface area contributed by atoms with Gasteiger partial charge in [0.1, 0.15) is 0 Å². The van der Waals surface area contributed by atoms with E-state index in [0.717, 1.165) is 36.9 Å². The van der Waals surface area contributed by atoms with Gasteiger partial charge in [-0.05, 0) is 37.0 Å². The molecule has 1 aliphatic rings. The maximum absolute atomic E-state index is 12.0. The van der Waals surface area contributed by atoms with Gasteiger partial charge in [-0.25, -0.2) is 4.79 Å². The Morgan fingerprint density at radius 1 is 1.25 bits per heavy atom. The SMILES string of the molecule is Nc1ccc(C2(NC(=O)NCCCO)CCCC2)cc1. The molecular formula is C15H23N3O2. The molecule has 2 amide bonds. The van der Waals surface area contributed by atoms with Crippen LogP contribution in [-0.2, 0) is 5.54 Å². The Hall–Kier alpha value is -1.75. The van der Waals surface area contributed by atoms with Crippen molar-refractivity contribution in [2.75, 3.05) is 18.9 Å². The number of aliphatic hydroxyl groups is 1. The van der Waals surface area contributed by atoms with Gasteiger partial charge in [-0.15, -0.1) is 0 Å². The second kappa shape index (κ2) is 6.61.